The third kappa shape index (κ3) is 4.81. The first-order chi connectivity index (χ1) is 15.5. The molecule has 32 heavy (non-hydrogen) atoms. The number of hydrogen-bond acceptors (Lipinski definition) is 5. The molecule has 2 aromatic heterocycles. The van der Waals surface area contributed by atoms with Crippen LogP contribution in [0.5, 0.6) is 5.75 Å². The zero-order valence-electron chi connectivity index (χ0n) is 17.0. The molecular weight excluding hydrogens is 432 g/mol. The molecule has 0 bridgehead atoms. The highest BCUT2D eigenvalue weighted by atomic mass is 35.5. The van der Waals surface area contributed by atoms with Gasteiger partial charge in [-0.1, -0.05) is 35.9 Å². The highest BCUT2D eigenvalue weighted by molar-refractivity contribution is 6.30. The van der Waals surface area contributed by atoms with Gasteiger partial charge in [-0.05, 0) is 49.4 Å². The van der Waals surface area contributed by atoms with Crippen molar-refractivity contribution in [2.24, 2.45) is 0 Å². The minimum Gasteiger partial charge on any atom is -0.486 e. The van der Waals surface area contributed by atoms with Crippen LogP contribution >= 0.6 is 11.6 Å². The van der Waals surface area contributed by atoms with E-state index in [1.807, 2.05) is 36.4 Å². The minimum atomic E-state index is -0.593. The fourth-order valence-electron chi connectivity index (χ4n) is 2.99. The Labute approximate surface area is 188 Å². The highest BCUT2D eigenvalue weighted by Gasteiger charge is 2.17. The Balaban J connectivity index is 1.34. The van der Waals surface area contributed by atoms with Crippen LogP contribution < -0.4 is 15.6 Å². The number of nitrogens with zero attached hydrogens (tertiary/aromatic N) is 2. The number of hydrazine groups is 1. The molecule has 4 aromatic rings. The lowest BCUT2D eigenvalue weighted by Gasteiger charge is -2.07. The second-order valence-corrected chi connectivity index (χ2v) is 7.25. The van der Waals surface area contributed by atoms with Crippen LogP contribution in [0.15, 0.2) is 77.3 Å². The molecule has 8 nitrogen and oxygen atoms in total. The van der Waals surface area contributed by atoms with Gasteiger partial charge in [0.15, 0.2) is 5.76 Å². The van der Waals surface area contributed by atoms with Gasteiger partial charge in [0.05, 0.1) is 23.1 Å². The van der Waals surface area contributed by atoms with E-state index in [0.717, 1.165) is 5.69 Å². The average Bonchev–Trinajstić information content (AvgIpc) is 3.43. The van der Waals surface area contributed by atoms with Gasteiger partial charge in [-0.25, -0.2) is 4.68 Å². The maximum atomic E-state index is 12.5. The van der Waals surface area contributed by atoms with E-state index < -0.39 is 11.8 Å². The number of aromatic nitrogens is 2. The number of carbonyl (C=O) groups excluding carboxylic acids is 2. The third-order valence-corrected chi connectivity index (χ3v) is 4.84. The number of hydrogen-bond donors (Lipinski definition) is 2. The van der Waals surface area contributed by atoms with Crippen molar-refractivity contribution in [2.45, 2.75) is 13.5 Å². The van der Waals surface area contributed by atoms with E-state index >= 15 is 0 Å². The number of carbonyl (C=O) groups is 2. The molecule has 0 aliphatic rings. The topological polar surface area (TPSA) is 98.4 Å². The minimum absolute atomic E-state index is 0.0447. The summed E-state index contributed by atoms with van der Waals surface area (Å²) < 4.78 is 12.7. The quantitative estimate of drug-likeness (QED) is 0.431. The summed E-state index contributed by atoms with van der Waals surface area (Å²) in [5.41, 5.74) is 6.33. The number of nitrogens with one attached hydrogen (secondary N) is 2. The van der Waals surface area contributed by atoms with E-state index in [1.54, 1.807) is 35.9 Å². The summed E-state index contributed by atoms with van der Waals surface area (Å²) in [4.78, 5) is 24.8. The molecule has 0 fully saturated rings. The summed E-state index contributed by atoms with van der Waals surface area (Å²) in [6.07, 6.45) is 1.42. The van der Waals surface area contributed by atoms with E-state index in [9.17, 15) is 9.59 Å². The average molecular weight is 451 g/mol. The third-order valence-electron chi connectivity index (χ3n) is 4.61. The van der Waals surface area contributed by atoms with Gasteiger partial charge in [-0.15, -0.1) is 0 Å². The smallest absolute Gasteiger partial charge is 0.305 e. The van der Waals surface area contributed by atoms with Gasteiger partial charge in [-0.3, -0.25) is 20.4 Å². The van der Waals surface area contributed by atoms with Crippen LogP contribution in [0.3, 0.4) is 0 Å². The maximum absolute atomic E-state index is 12.5. The molecule has 0 aliphatic carbocycles. The summed E-state index contributed by atoms with van der Waals surface area (Å²) >= 11 is 6.03. The van der Waals surface area contributed by atoms with E-state index in [0.29, 0.717) is 27.8 Å². The van der Waals surface area contributed by atoms with Crippen LogP contribution in [-0.2, 0) is 6.61 Å². The Morgan fingerprint density at radius 2 is 1.81 bits per heavy atom. The largest absolute Gasteiger partial charge is 0.486 e. The number of ether oxygens (including phenoxy) is 1. The van der Waals surface area contributed by atoms with Gasteiger partial charge < -0.3 is 9.15 Å². The number of furan rings is 1. The number of amides is 2. The van der Waals surface area contributed by atoms with Crippen LogP contribution in [0.1, 0.15) is 32.4 Å². The van der Waals surface area contributed by atoms with Gasteiger partial charge in [0.2, 0.25) is 0 Å². The van der Waals surface area contributed by atoms with Crippen molar-refractivity contribution in [2.75, 3.05) is 0 Å². The van der Waals surface area contributed by atoms with Gasteiger partial charge in [0.1, 0.15) is 18.1 Å². The van der Waals surface area contributed by atoms with Crippen LogP contribution in [-0.4, -0.2) is 21.6 Å². The predicted molar refractivity (Wildman–Crippen MR) is 118 cm³/mol. The van der Waals surface area contributed by atoms with Gasteiger partial charge in [0.25, 0.3) is 5.91 Å². The molecule has 2 amide bonds. The number of rotatable bonds is 6. The molecule has 0 saturated heterocycles. The number of halogens is 1. The van der Waals surface area contributed by atoms with E-state index in [4.69, 9.17) is 20.8 Å². The monoisotopic (exact) mass is 450 g/mol. The number of benzene rings is 2. The van der Waals surface area contributed by atoms with Crippen LogP contribution in [0.2, 0.25) is 5.02 Å². The summed E-state index contributed by atoms with van der Waals surface area (Å²) in [5.74, 6) is 0.107. The molecule has 2 N–H and O–H groups in total. The zero-order valence-corrected chi connectivity index (χ0v) is 17.8. The first-order valence-electron chi connectivity index (χ1n) is 9.69. The molecule has 0 radical (unpaired) electrons. The zero-order chi connectivity index (χ0) is 22.5. The SMILES string of the molecule is Cc1c(C(=O)NNC(=O)c2ccc(COc3ccccc3)o2)cnn1-c1cccc(Cl)c1. The van der Waals surface area contributed by atoms with E-state index in [-0.39, 0.29) is 12.4 Å². The first-order valence-corrected chi connectivity index (χ1v) is 10.1. The number of para-hydroxylation sites is 1. The predicted octanol–water partition coefficient (Wildman–Crippen LogP) is 4.08. The van der Waals surface area contributed by atoms with Crippen molar-refractivity contribution in [1.82, 2.24) is 20.6 Å². The van der Waals surface area contributed by atoms with Crippen molar-refractivity contribution in [1.29, 1.82) is 0 Å². The lowest BCUT2D eigenvalue weighted by atomic mass is 10.2. The highest BCUT2D eigenvalue weighted by Crippen LogP contribution is 2.18. The molecule has 2 heterocycles. The van der Waals surface area contributed by atoms with Gasteiger partial charge in [-0.2, -0.15) is 5.10 Å². The van der Waals surface area contributed by atoms with Crippen molar-refractivity contribution >= 4 is 23.4 Å². The normalized spacial score (nSPS) is 10.6. The second kappa shape index (κ2) is 9.40. The summed E-state index contributed by atoms with van der Waals surface area (Å²) in [6.45, 7) is 1.92. The van der Waals surface area contributed by atoms with Crippen molar-refractivity contribution < 1.29 is 18.7 Å². The Kier molecular flexibility index (Phi) is 6.23. The molecule has 0 spiro atoms. The van der Waals surface area contributed by atoms with Crippen molar-refractivity contribution in [3.63, 3.8) is 0 Å². The molecule has 0 atom stereocenters. The Morgan fingerprint density at radius 1 is 1.03 bits per heavy atom. The second-order valence-electron chi connectivity index (χ2n) is 6.81. The molecule has 0 unspecified atom stereocenters. The van der Waals surface area contributed by atoms with Crippen LogP contribution in [0.4, 0.5) is 0 Å². The summed E-state index contributed by atoms with van der Waals surface area (Å²) in [6, 6.07) is 19.5. The van der Waals surface area contributed by atoms with Crippen molar-refractivity contribution in [3.8, 4) is 11.4 Å². The fraction of sp³-hybridized carbons (Fsp3) is 0.0870. The van der Waals surface area contributed by atoms with Crippen molar-refractivity contribution in [3.05, 3.63) is 101 Å². The van der Waals surface area contributed by atoms with Crippen LogP contribution in [0, 0.1) is 6.92 Å². The molecule has 0 aliphatic heterocycles. The molecule has 0 saturated carbocycles. The summed E-state index contributed by atoms with van der Waals surface area (Å²) in [5, 5.41) is 4.79. The standard InChI is InChI=1S/C23H19ClN4O4/c1-15-20(13-25-28(15)17-7-5-6-16(24)12-17)22(29)26-27-23(30)21-11-10-19(32-21)14-31-18-8-3-2-4-9-18/h2-13H,14H2,1H3,(H,26,29)(H,27,30). The van der Waals surface area contributed by atoms with Gasteiger partial charge >= 0.3 is 5.91 Å². The fourth-order valence-corrected chi connectivity index (χ4v) is 3.18. The van der Waals surface area contributed by atoms with Gasteiger partial charge in [0, 0.05) is 5.02 Å². The Hall–Kier alpha value is -4.04. The lowest BCUT2D eigenvalue weighted by molar-refractivity contribution is 0.0828. The molecule has 4 rings (SSSR count). The molecule has 2 aromatic carbocycles. The van der Waals surface area contributed by atoms with Crippen LogP contribution in [0.25, 0.3) is 5.69 Å². The Morgan fingerprint density at radius 3 is 2.59 bits per heavy atom. The maximum Gasteiger partial charge on any atom is 0.305 e. The first kappa shape index (κ1) is 21.2. The van der Waals surface area contributed by atoms with E-state index in [2.05, 4.69) is 16.0 Å². The lowest BCUT2D eigenvalue weighted by Crippen LogP contribution is -2.41. The Bertz CT molecular complexity index is 1250. The molecule has 9 heteroatoms. The van der Waals surface area contributed by atoms with E-state index in [1.165, 1.54) is 12.3 Å². The molecular formula is C23H19ClN4O4. The molecule has 162 valence electrons. The summed E-state index contributed by atoms with van der Waals surface area (Å²) in [7, 11) is 0.